The van der Waals surface area contributed by atoms with Crippen LogP contribution in [0.5, 0.6) is 11.5 Å². The first-order valence-electron chi connectivity index (χ1n) is 7.04. The lowest BCUT2D eigenvalue weighted by Gasteiger charge is -2.14. The number of imide groups is 1. The lowest BCUT2D eigenvalue weighted by atomic mass is 10.1. The zero-order valence-corrected chi connectivity index (χ0v) is 15.8. The number of benzene rings is 1. The molecule has 0 saturated carbocycles. The van der Waals surface area contributed by atoms with Crippen LogP contribution in [-0.4, -0.2) is 36.8 Å². The van der Waals surface area contributed by atoms with Crippen molar-refractivity contribution in [2.75, 3.05) is 20.8 Å². The van der Waals surface area contributed by atoms with Gasteiger partial charge in [0.1, 0.15) is 11.5 Å². The van der Waals surface area contributed by atoms with Gasteiger partial charge in [0.2, 0.25) is 0 Å². The number of amides is 2. The Morgan fingerprint density at radius 3 is 2.43 bits per heavy atom. The minimum Gasteiger partial charge on any atom is -0.496 e. The van der Waals surface area contributed by atoms with E-state index >= 15 is 0 Å². The number of hydrogen-bond acceptors (Lipinski definition) is 5. The average Bonchev–Trinajstić information content (AvgIpc) is 2.75. The third kappa shape index (κ3) is 3.90. The van der Waals surface area contributed by atoms with Crippen LogP contribution in [0, 0.1) is 5.92 Å². The third-order valence-electron chi connectivity index (χ3n) is 3.21. The molecule has 7 heteroatoms. The van der Waals surface area contributed by atoms with E-state index < -0.39 is 0 Å². The molecule has 0 atom stereocenters. The SMILES string of the molecule is COc1cc(OC)c(/C=C2\SC(=O)N(CC(C)C)C2=O)cc1Br. The van der Waals surface area contributed by atoms with Gasteiger partial charge >= 0.3 is 0 Å². The van der Waals surface area contributed by atoms with E-state index in [1.165, 1.54) is 4.90 Å². The molecule has 5 nitrogen and oxygen atoms in total. The third-order valence-corrected chi connectivity index (χ3v) is 4.74. The van der Waals surface area contributed by atoms with Gasteiger partial charge in [-0.15, -0.1) is 0 Å². The Balaban J connectivity index is 2.37. The first-order valence-corrected chi connectivity index (χ1v) is 8.65. The molecule has 1 fully saturated rings. The number of nitrogens with zero attached hydrogens (tertiary/aromatic N) is 1. The number of ether oxygens (including phenoxy) is 2. The van der Waals surface area contributed by atoms with Gasteiger partial charge in [-0.05, 0) is 45.8 Å². The smallest absolute Gasteiger partial charge is 0.293 e. The molecule has 1 saturated heterocycles. The largest absolute Gasteiger partial charge is 0.496 e. The van der Waals surface area contributed by atoms with Gasteiger partial charge in [-0.25, -0.2) is 0 Å². The summed E-state index contributed by atoms with van der Waals surface area (Å²) in [7, 11) is 3.11. The van der Waals surface area contributed by atoms with Crippen LogP contribution in [-0.2, 0) is 4.79 Å². The fraction of sp³-hybridized carbons (Fsp3) is 0.375. The van der Waals surface area contributed by atoms with Crippen molar-refractivity contribution in [3.63, 3.8) is 0 Å². The molecule has 0 bridgehead atoms. The summed E-state index contributed by atoms with van der Waals surface area (Å²) in [6.45, 7) is 4.36. The molecule has 1 aromatic carbocycles. The molecule has 2 rings (SSSR count). The Morgan fingerprint density at radius 1 is 1.22 bits per heavy atom. The maximum atomic E-state index is 12.4. The van der Waals surface area contributed by atoms with E-state index in [0.29, 0.717) is 28.5 Å². The molecule has 124 valence electrons. The highest BCUT2D eigenvalue weighted by molar-refractivity contribution is 9.10. The summed E-state index contributed by atoms with van der Waals surface area (Å²) < 4.78 is 11.3. The van der Waals surface area contributed by atoms with Gasteiger partial charge in [0.25, 0.3) is 11.1 Å². The molecule has 1 aliphatic heterocycles. The summed E-state index contributed by atoms with van der Waals surface area (Å²) in [4.78, 5) is 26.1. The van der Waals surface area contributed by atoms with E-state index in [1.807, 2.05) is 13.8 Å². The fourth-order valence-electron chi connectivity index (χ4n) is 2.16. The van der Waals surface area contributed by atoms with Gasteiger partial charge in [0.15, 0.2) is 0 Å². The highest BCUT2D eigenvalue weighted by Crippen LogP contribution is 2.37. The molecule has 0 aliphatic carbocycles. The summed E-state index contributed by atoms with van der Waals surface area (Å²) in [6, 6.07) is 3.53. The zero-order chi connectivity index (χ0) is 17.1. The van der Waals surface area contributed by atoms with Crippen molar-refractivity contribution in [1.82, 2.24) is 4.90 Å². The van der Waals surface area contributed by atoms with Crippen molar-refractivity contribution in [3.8, 4) is 11.5 Å². The van der Waals surface area contributed by atoms with Crippen molar-refractivity contribution in [2.45, 2.75) is 13.8 Å². The summed E-state index contributed by atoms with van der Waals surface area (Å²) in [6.07, 6.45) is 1.67. The standard InChI is InChI=1S/C16H18BrNO4S/c1-9(2)8-18-15(19)14(23-16(18)20)6-10-5-11(17)13(22-4)7-12(10)21-3/h5-7,9H,8H2,1-4H3/b14-6-. The predicted octanol–water partition coefficient (Wildman–Crippen LogP) is 4.16. The number of thioether (sulfide) groups is 1. The molecule has 0 spiro atoms. The second-order valence-electron chi connectivity index (χ2n) is 5.41. The Bertz CT molecular complexity index is 672. The van der Waals surface area contributed by atoms with Gasteiger partial charge < -0.3 is 9.47 Å². The number of rotatable bonds is 5. The van der Waals surface area contributed by atoms with Crippen LogP contribution in [0.2, 0.25) is 0 Å². The highest BCUT2D eigenvalue weighted by atomic mass is 79.9. The first-order chi connectivity index (χ1) is 10.9. The number of methoxy groups -OCH3 is 2. The van der Waals surface area contributed by atoms with Crippen LogP contribution in [0.1, 0.15) is 19.4 Å². The summed E-state index contributed by atoms with van der Waals surface area (Å²) in [5.74, 6) is 1.17. The minimum atomic E-state index is -0.261. The Morgan fingerprint density at radius 2 is 1.87 bits per heavy atom. The summed E-state index contributed by atoms with van der Waals surface area (Å²) in [5, 5.41) is -0.235. The van der Waals surface area contributed by atoms with Crippen LogP contribution in [0.25, 0.3) is 6.08 Å². The fourth-order valence-corrected chi connectivity index (χ4v) is 3.52. The van der Waals surface area contributed by atoms with Crippen molar-refractivity contribution >= 4 is 44.9 Å². The van der Waals surface area contributed by atoms with E-state index in [2.05, 4.69) is 15.9 Å². The second kappa shape index (κ2) is 7.40. The normalized spacial score (nSPS) is 16.6. The topological polar surface area (TPSA) is 55.8 Å². The predicted molar refractivity (Wildman–Crippen MR) is 94.8 cm³/mol. The molecule has 0 aromatic heterocycles. The van der Waals surface area contributed by atoms with Gasteiger partial charge in [0, 0.05) is 18.2 Å². The monoisotopic (exact) mass is 399 g/mol. The molecule has 0 unspecified atom stereocenters. The Kier molecular flexibility index (Phi) is 5.75. The van der Waals surface area contributed by atoms with E-state index in [9.17, 15) is 9.59 Å². The maximum absolute atomic E-state index is 12.4. The highest BCUT2D eigenvalue weighted by Gasteiger charge is 2.35. The molecule has 1 heterocycles. The number of carbonyl (C=O) groups excluding carboxylic acids is 2. The van der Waals surface area contributed by atoms with Crippen LogP contribution in [0.4, 0.5) is 4.79 Å². The molecular weight excluding hydrogens is 382 g/mol. The van der Waals surface area contributed by atoms with E-state index in [0.717, 1.165) is 16.2 Å². The van der Waals surface area contributed by atoms with Crippen LogP contribution in [0.3, 0.4) is 0 Å². The van der Waals surface area contributed by atoms with Gasteiger partial charge in [-0.2, -0.15) is 0 Å². The van der Waals surface area contributed by atoms with E-state index in [1.54, 1.807) is 32.4 Å². The van der Waals surface area contributed by atoms with Crippen molar-refractivity contribution in [3.05, 3.63) is 27.1 Å². The number of halogens is 1. The van der Waals surface area contributed by atoms with Crippen molar-refractivity contribution in [2.24, 2.45) is 5.92 Å². The molecule has 2 amide bonds. The van der Waals surface area contributed by atoms with Crippen LogP contribution < -0.4 is 9.47 Å². The lowest BCUT2D eigenvalue weighted by Crippen LogP contribution is -2.31. The van der Waals surface area contributed by atoms with Gasteiger partial charge in [-0.1, -0.05) is 13.8 Å². The molecule has 1 aromatic rings. The molecule has 0 N–H and O–H groups in total. The number of carbonyl (C=O) groups is 2. The van der Waals surface area contributed by atoms with Gasteiger partial charge in [0.05, 0.1) is 23.6 Å². The Hall–Kier alpha value is -1.47. The van der Waals surface area contributed by atoms with Crippen LogP contribution >= 0.6 is 27.7 Å². The molecular formula is C16H18BrNO4S. The number of hydrogen-bond donors (Lipinski definition) is 0. The van der Waals surface area contributed by atoms with Gasteiger partial charge in [-0.3, -0.25) is 14.5 Å². The lowest BCUT2D eigenvalue weighted by molar-refractivity contribution is -0.123. The van der Waals surface area contributed by atoms with Crippen molar-refractivity contribution < 1.29 is 19.1 Å². The maximum Gasteiger partial charge on any atom is 0.293 e. The Labute approximate surface area is 148 Å². The first kappa shape index (κ1) is 17.9. The summed E-state index contributed by atoms with van der Waals surface area (Å²) >= 11 is 4.36. The molecule has 23 heavy (non-hydrogen) atoms. The van der Waals surface area contributed by atoms with E-state index in [4.69, 9.17) is 9.47 Å². The van der Waals surface area contributed by atoms with Crippen molar-refractivity contribution in [1.29, 1.82) is 0 Å². The summed E-state index contributed by atoms with van der Waals surface area (Å²) in [5.41, 5.74) is 0.704. The zero-order valence-electron chi connectivity index (χ0n) is 13.4. The molecule has 1 aliphatic rings. The quantitative estimate of drug-likeness (QED) is 0.695. The second-order valence-corrected chi connectivity index (χ2v) is 7.26. The minimum absolute atomic E-state index is 0.229. The van der Waals surface area contributed by atoms with Crippen LogP contribution in [0.15, 0.2) is 21.5 Å². The molecule has 0 radical (unpaired) electrons. The average molecular weight is 400 g/mol. The van der Waals surface area contributed by atoms with E-state index in [-0.39, 0.29) is 17.1 Å².